The van der Waals surface area contributed by atoms with Crippen LogP contribution < -0.4 is 19.7 Å². The number of anilines is 2. The Morgan fingerprint density at radius 1 is 0.969 bits per heavy atom. The Morgan fingerprint density at radius 3 is 2.34 bits per heavy atom. The number of sulfonamides is 1. The fourth-order valence-electron chi connectivity index (χ4n) is 3.22. The minimum atomic E-state index is -3.95. The van der Waals surface area contributed by atoms with Crippen molar-refractivity contribution in [2.24, 2.45) is 0 Å². The van der Waals surface area contributed by atoms with E-state index in [1.165, 1.54) is 30.5 Å². The molecule has 0 aliphatic carbocycles. The summed E-state index contributed by atoms with van der Waals surface area (Å²) in [4.78, 5) is 6.33. The largest absolute Gasteiger partial charge is 0.438 e. The van der Waals surface area contributed by atoms with E-state index in [1.54, 1.807) is 0 Å². The molecule has 1 aliphatic heterocycles. The summed E-state index contributed by atoms with van der Waals surface area (Å²) < 4.78 is 33.4. The number of aromatic nitrogens is 1. The van der Waals surface area contributed by atoms with E-state index >= 15 is 0 Å². The van der Waals surface area contributed by atoms with E-state index in [-0.39, 0.29) is 26.5 Å². The average Bonchev–Trinajstić information content (AvgIpc) is 2.76. The molecule has 0 saturated carbocycles. The molecule has 2 aromatic carbocycles. The number of halogens is 3. The molecule has 4 rings (SSSR count). The molecular weight excluding hydrogens is 495 g/mol. The van der Waals surface area contributed by atoms with Crippen LogP contribution in [0.15, 0.2) is 59.6 Å². The SMILES string of the molecule is O=S(=O)(Nc1cnc(Oc2ccc(N3CCNCC3)cc2)c(Cl)c1)c1ccc(Cl)cc1Cl. The van der Waals surface area contributed by atoms with Crippen molar-refractivity contribution in [1.82, 2.24) is 10.3 Å². The van der Waals surface area contributed by atoms with Crippen molar-refractivity contribution < 1.29 is 13.2 Å². The molecule has 0 spiro atoms. The van der Waals surface area contributed by atoms with Crippen molar-refractivity contribution >= 4 is 56.2 Å². The molecule has 7 nitrogen and oxygen atoms in total. The second-order valence-electron chi connectivity index (χ2n) is 7.02. The Morgan fingerprint density at radius 2 is 1.69 bits per heavy atom. The number of ether oxygens (including phenoxy) is 1. The Hall–Kier alpha value is -2.23. The molecule has 1 saturated heterocycles. The molecule has 168 valence electrons. The van der Waals surface area contributed by atoms with E-state index in [4.69, 9.17) is 39.5 Å². The second-order valence-corrected chi connectivity index (χ2v) is 9.93. The van der Waals surface area contributed by atoms with E-state index in [0.717, 1.165) is 31.9 Å². The molecule has 1 fully saturated rings. The Labute approximate surface area is 201 Å². The maximum absolute atomic E-state index is 12.6. The highest BCUT2D eigenvalue weighted by Crippen LogP contribution is 2.32. The maximum Gasteiger partial charge on any atom is 0.263 e. The molecule has 32 heavy (non-hydrogen) atoms. The monoisotopic (exact) mass is 512 g/mol. The van der Waals surface area contributed by atoms with Crippen molar-refractivity contribution in [3.63, 3.8) is 0 Å². The summed E-state index contributed by atoms with van der Waals surface area (Å²) in [6, 6.07) is 13.2. The average molecular weight is 514 g/mol. The third-order valence-corrected chi connectivity index (χ3v) is 7.15. The van der Waals surface area contributed by atoms with Gasteiger partial charge in [0.1, 0.15) is 15.7 Å². The lowest BCUT2D eigenvalue weighted by molar-refractivity contribution is 0.463. The van der Waals surface area contributed by atoms with Gasteiger partial charge >= 0.3 is 0 Å². The predicted molar refractivity (Wildman–Crippen MR) is 128 cm³/mol. The van der Waals surface area contributed by atoms with Gasteiger partial charge in [-0.1, -0.05) is 34.8 Å². The van der Waals surface area contributed by atoms with E-state index in [0.29, 0.717) is 10.8 Å². The van der Waals surface area contributed by atoms with E-state index in [9.17, 15) is 8.42 Å². The quantitative estimate of drug-likeness (QED) is 0.480. The van der Waals surface area contributed by atoms with Crippen molar-refractivity contribution in [2.75, 3.05) is 35.8 Å². The van der Waals surface area contributed by atoms with Crippen LogP contribution in [0.5, 0.6) is 11.6 Å². The molecule has 1 aromatic heterocycles. The van der Waals surface area contributed by atoms with Gasteiger partial charge in [-0.05, 0) is 48.5 Å². The van der Waals surface area contributed by atoms with Crippen LogP contribution in [0.25, 0.3) is 0 Å². The third-order valence-electron chi connectivity index (χ3n) is 4.78. The fraction of sp³-hybridized carbons (Fsp3) is 0.190. The smallest absolute Gasteiger partial charge is 0.263 e. The molecule has 0 radical (unpaired) electrons. The van der Waals surface area contributed by atoms with Gasteiger partial charge in [-0.15, -0.1) is 0 Å². The molecule has 2 heterocycles. The Balaban J connectivity index is 1.46. The van der Waals surface area contributed by atoms with Gasteiger partial charge in [0.25, 0.3) is 10.0 Å². The molecule has 0 atom stereocenters. The number of rotatable bonds is 6. The molecule has 11 heteroatoms. The van der Waals surface area contributed by atoms with Gasteiger partial charge < -0.3 is 15.0 Å². The van der Waals surface area contributed by atoms with Crippen LogP contribution in [0.3, 0.4) is 0 Å². The van der Waals surface area contributed by atoms with Gasteiger partial charge in [0, 0.05) is 36.9 Å². The van der Waals surface area contributed by atoms with Crippen LogP contribution in [-0.2, 0) is 10.0 Å². The topological polar surface area (TPSA) is 83.6 Å². The lowest BCUT2D eigenvalue weighted by atomic mass is 10.2. The number of nitrogens with zero attached hydrogens (tertiary/aromatic N) is 2. The molecule has 2 N–H and O–H groups in total. The molecular formula is C21H19Cl3N4O3S. The predicted octanol–water partition coefficient (Wildman–Crippen LogP) is 5.04. The second kappa shape index (κ2) is 9.72. The molecule has 3 aromatic rings. The molecule has 0 unspecified atom stereocenters. The highest BCUT2D eigenvalue weighted by molar-refractivity contribution is 7.92. The highest BCUT2D eigenvalue weighted by atomic mass is 35.5. The van der Waals surface area contributed by atoms with E-state index < -0.39 is 10.0 Å². The van der Waals surface area contributed by atoms with E-state index in [1.807, 2.05) is 24.3 Å². The normalized spacial score (nSPS) is 14.3. The number of hydrogen-bond acceptors (Lipinski definition) is 6. The Bertz CT molecular complexity index is 1220. The van der Waals surface area contributed by atoms with Crippen LogP contribution in [0.2, 0.25) is 15.1 Å². The van der Waals surface area contributed by atoms with Crippen LogP contribution in [0.4, 0.5) is 11.4 Å². The van der Waals surface area contributed by atoms with Crippen LogP contribution in [0.1, 0.15) is 0 Å². The summed E-state index contributed by atoms with van der Waals surface area (Å²) in [5, 5.41) is 3.82. The van der Waals surface area contributed by atoms with Gasteiger partial charge in [0.05, 0.1) is 16.9 Å². The van der Waals surface area contributed by atoms with Crippen LogP contribution in [0, 0.1) is 0 Å². The number of hydrogen-bond donors (Lipinski definition) is 2. The number of benzene rings is 2. The van der Waals surface area contributed by atoms with Gasteiger partial charge in [-0.25, -0.2) is 13.4 Å². The first-order valence-corrected chi connectivity index (χ1v) is 12.3. The van der Waals surface area contributed by atoms with Crippen LogP contribution in [-0.4, -0.2) is 39.6 Å². The summed E-state index contributed by atoms with van der Waals surface area (Å²) in [7, 11) is -3.95. The molecule has 0 bridgehead atoms. The Kier molecular flexibility index (Phi) is 6.97. The number of nitrogens with one attached hydrogen (secondary N) is 2. The summed E-state index contributed by atoms with van der Waals surface area (Å²) in [6.45, 7) is 3.81. The zero-order valence-corrected chi connectivity index (χ0v) is 19.8. The summed E-state index contributed by atoms with van der Waals surface area (Å²) in [5.41, 5.74) is 1.28. The molecule has 1 aliphatic rings. The van der Waals surface area contributed by atoms with Gasteiger partial charge in [-0.3, -0.25) is 4.72 Å². The maximum atomic E-state index is 12.6. The fourth-order valence-corrected chi connectivity index (χ4v) is 5.23. The lowest BCUT2D eigenvalue weighted by Crippen LogP contribution is -2.43. The van der Waals surface area contributed by atoms with Crippen molar-refractivity contribution in [2.45, 2.75) is 4.90 Å². The third kappa shape index (κ3) is 5.39. The summed E-state index contributed by atoms with van der Waals surface area (Å²) >= 11 is 18.1. The standard InChI is InChI=1S/C21H19Cl3N4O3S/c22-14-1-6-20(18(23)11-14)32(29,30)27-15-12-19(24)21(26-13-15)31-17-4-2-16(3-5-17)28-9-7-25-8-10-28/h1-6,11-13,25,27H,7-10H2. The number of piperazine rings is 1. The van der Waals surface area contributed by atoms with Crippen LogP contribution >= 0.6 is 34.8 Å². The van der Waals surface area contributed by atoms with Gasteiger partial charge in [-0.2, -0.15) is 0 Å². The first-order chi connectivity index (χ1) is 15.3. The van der Waals surface area contributed by atoms with Crippen molar-refractivity contribution in [3.8, 4) is 11.6 Å². The van der Waals surface area contributed by atoms with Crippen molar-refractivity contribution in [1.29, 1.82) is 0 Å². The summed E-state index contributed by atoms with van der Waals surface area (Å²) in [6.07, 6.45) is 1.32. The zero-order chi connectivity index (χ0) is 22.7. The number of pyridine rings is 1. The lowest BCUT2D eigenvalue weighted by Gasteiger charge is -2.29. The summed E-state index contributed by atoms with van der Waals surface area (Å²) in [5.74, 6) is 0.730. The highest BCUT2D eigenvalue weighted by Gasteiger charge is 2.19. The van der Waals surface area contributed by atoms with Gasteiger partial charge in [0.2, 0.25) is 5.88 Å². The van der Waals surface area contributed by atoms with Crippen molar-refractivity contribution in [3.05, 3.63) is 69.8 Å². The zero-order valence-electron chi connectivity index (χ0n) is 16.7. The van der Waals surface area contributed by atoms with E-state index in [2.05, 4.69) is 19.9 Å². The van der Waals surface area contributed by atoms with Gasteiger partial charge in [0.15, 0.2) is 0 Å². The first-order valence-electron chi connectivity index (χ1n) is 9.69. The minimum Gasteiger partial charge on any atom is -0.438 e. The first kappa shape index (κ1) is 22.9. The minimum absolute atomic E-state index is 0.00766. The molecule has 0 amide bonds.